The number of nitrogens with one attached hydrogen (secondary N) is 1. The van der Waals surface area contributed by atoms with Gasteiger partial charge in [-0.1, -0.05) is 36.4 Å². The number of amides is 4. The normalized spacial score (nSPS) is 19.2. The highest BCUT2D eigenvalue weighted by atomic mass is 16.2. The van der Waals surface area contributed by atoms with Crippen LogP contribution in [0.5, 0.6) is 0 Å². The van der Waals surface area contributed by atoms with E-state index in [0.29, 0.717) is 39.3 Å². The zero-order valence-corrected chi connectivity index (χ0v) is 15.1. The Bertz CT molecular complexity index is 799. The van der Waals surface area contributed by atoms with Crippen LogP contribution in [-0.2, 0) is 13.1 Å². The van der Waals surface area contributed by atoms with E-state index in [1.807, 2.05) is 57.2 Å². The fourth-order valence-corrected chi connectivity index (χ4v) is 3.69. The Hall–Kier alpha value is -3.09. The van der Waals surface area contributed by atoms with Gasteiger partial charge in [-0.05, 0) is 17.2 Å². The number of carbonyl (C=O) groups excluding carboxylic acids is 2. The molecule has 4 amide bonds. The fourth-order valence-electron chi connectivity index (χ4n) is 3.69. The van der Waals surface area contributed by atoms with Gasteiger partial charge in [0.1, 0.15) is 0 Å². The fraction of sp³-hybridized carbons (Fsp3) is 0.350. The third-order valence-corrected chi connectivity index (χ3v) is 5.10. The molecule has 2 fully saturated rings. The average molecular weight is 365 g/mol. The summed E-state index contributed by atoms with van der Waals surface area (Å²) in [4.78, 5) is 34.8. The number of aromatic nitrogens is 1. The maximum atomic E-state index is 12.6. The molecule has 1 aromatic carbocycles. The molecule has 2 aliphatic rings. The minimum Gasteiger partial charge on any atom is -0.334 e. The van der Waals surface area contributed by atoms with Crippen LogP contribution in [0.2, 0.25) is 0 Å². The highest BCUT2D eigenvalue weighted by Crippen LogP contribution is 2.22. The first-order valence-electron chi connectivity index (χ1n) is 9.22. The van der Waals surface area contributed by atoms with Crippen molar-refractivity contribution in [2.75, 3.05) is 26.2 Å². The molecule has 0 saturated carbocycles. The molecule has 2 saturated heterocycles. The molecule has 2 aliphatic heterocycles. The number of piperazine rings is 1. The number of benzene rings is 1. The maximum absolute atomic E-state index is 12.6. The number of fused-ring (bicyclic) bond motifs is 1. The van der Waals surface area contributed by atoms with Crippen molar-refractivity contribution in [3.63, 3.8) is 0 Å². The Morgan fingerprint density at radius 1 is 1.07 bits per heavy atom. The molecule has 7 heteroatoms. The van der Waals surface area contributed by atoms with Gasteiger partial charge >= 0.3 is 12.1 Å². The van der Waals surface area contributed by atoms with E-state index in [9.17, 15) is 9.59 Å². The van der Waals surface area contributed by atoms with E-state index in [1.54, 1.807) is 12.4 Å². The lowest BCUT2D eigenvalue weighted by atomic mass is 10.2. The number of hydrogen-bond donors (Lipinski definition) is 1. The third kappa shape index (κ3) is 3.86. The molecule has 0 bridgehead atoms. The molecule has 1 N–H and O–H groups in total. The van der Waals surface area contributed by atoms with Crippen molar-refractivity contribution in [3.8, 4) is 0 Å². The number of rotatable bonds is 4. The van der Waals surface area contributed by atoms with Crippen LogP contribution >= 0.6 is 0 Å². The number of carbonyl (C=O) groups is 2. The van der Waals surface area contributed by atoms with Gasteiger partial charge in [0, 0.05) is 51.7 Å². The van der Waals surface area contributed by atoms with Crippen molar-refractivity contribution in [1.29, 1.82) is 0 Å². The first-order chi connectivity index (χ1) is 13.2. The minimum atomic E-state index is -0.0725. The maximum Gasteiger partial charge on any atom is 0.320 e. The van der Waals surface area contributed by atoms with Crippen molar-refractivity contribution in [2.24, 2.45) is 0 Å². The van der Waals surface area contributed by atoms with Crippen LogP contribution in [0.25, 0.3) is 0 Å². The molecule has 0 spiro atoms. The van der Waals surface area contributed by atoms with Crippen LogP contribution in [0.4, 0.5) is 9.59 Å². The molecular weight excluding hydrogens is 342 g/mol. The van der Waals surface area contributed by atoms with Crippen molar-refractivity contribution < 1.29 is 9.59 Å². The van der Waals surface area contributed by atoms with Gasteiger partial charge in [-0.25, -0.2) is 9.59 Å². The predicted molar refractivity (Wildman–Crippen MR) is 101 cm³/mol. The second kappa shape index (κ2) is 7.65. The quantitative estimate of drug-likeness (QED) is 0.900. The monoisotopic (exact) mass is 365 g/mol. The van der Waals surface area contributed by atoms with Gasteiger partial charge in [-0.3, -0.25) is 4.98 Å². The third-order valence-electron chi connectivity index (χ3n) is 5.10. The van der Waals surface area contributed by atoms with E-state index in [0.717, 1.165) is 11.1 Å². The van der Waals surface area contributed by atoms with E-state index < -0.39 is 0 Å². The highest BCUT2D eigenvalue weighted by Gasteiger charge is 2.41. The zero-order chi connectivity index (χ0) is 18.6. The van der Waals surface area contributed by atoms with Crippen LogP contribution in [0.1, 0.15) is 11.1 Å². The van der Waals surface area contributed by atoms with Gasteiger partial charge in [0.15, 0.2) is 0 Å². The summed E-state index contributed by atoms with van der Waals surface area (Å²) in [7, 11) is 0. The first kappa shape index (κ1) is 17.3. The Morgan fingerprint density at radius 3 is 2.67 bits per heavy atom. The van der Waals surface area contributed by atoms with Crippen LogP contribution in [0, 0.1) is 0 Å². The summed E-state index contributed by atoms with van der Waals surface area (Å²) < 4.78 is 0. The SMILES string of the molecule is O=C(NCc1ccccc1)N1CCN2C(=O)N(Cc3cccnc3)CC2C1. The molecule has 1 atom stereocenters. The molecule has 1 aromatic heterocycles. The number of pyridine rings is 1. The minimum absolute atomic E-state index is 0.0467. The van der Waals surface area contributed by atoms with Gasteiger partial charge in [0.05, 0.1) is 6.04 Å². The molecule has 3 heterocycles. The summed E-state index contributed by atoms with van der Waals surface area (Å²) in [6.07, 6.45) is 3.51. The number of nitrogens with zero attached hydrogens (tertiary/aromatic N) is 4. The van der Waals surface area contributed by atoms with E-state index in [4.69, 9.17) is 0 Å². The Kier molecular flexibility index (Phi) is 4.91. The molecule has 2 aromatic rings. The van der Waals surface area contributed by atoms with Gasteiger partial charge < -0.3 is 20.0 Å². The molecule has 1 unspecified atom stereocenters. The highest BCUT2D eigenvalue weighted by molar-refractivity contribution is 5.79. The lowest BCUT2D eigenvalue weighted by Gasteiger charge is -2.36. The summed E-state index contributed by atoms with van der Waals surface area (Å²) in [6, 6.07) is 13.7. The van der Waals surface area contributed by atoms with E-state index in [-0.39, 0.29) is 18.1 Å². The van der Waals surface area contributed by atoms with Gasteiger partial charge in [-0.2, -0.15) is 0 Å². The second-order valence-corrected chi connectivity index (χ2v) is 6.96. The largest absolute Gasteiger partial charge is 0.334 e. The average Bonchev–Trinajstić information content (AvgIpc) is 3.02. The standard InChI is InChI=1S/C20H23N5O2/c26-19(22-12-16-5-2-1-3-6-16)23-9-10-25-18(14-23)15-24(20(25)27)13-17-7-4-8-21-11-17/h1-8,11,18H,9-10,12-15H2,(H,22,26). The smallest absolute Gasteiger partial charge is 0.320 e. The summed E-state index contributed by atoms with van der Waals surface area (Å²) in [6.45, 7) is 3.40. The topological polar surface area (TPSA) is 68.8 Å². The molecular formula is C20H23N5O2. The van der Waals surface area contributed by atoms with E-state index in [1.165, 1.54) is 0 Å². The summed E-state index contributed by atoms with van der Waals surface area (Å²) in [5, 5.41) is 2.97. The van der Waals surface area contributed by atoms with E-state index >= 15 is 0 Å². The summed E-state index contributed by atoms with van der Waals surface area (Å²) in [5.74, 6) is 0. The summed E-state index contributed by atoms with van der Waals surface area (Å²) in [5.41, 5.74) is 2.09. The second-order valence-electron chi connectivity index (χ2n) is 6.96. The van der Waals surface area contributed by atoms with Crippen LogP contribution in [0.15, 0.2) is 54.9 Å². The molecule has 27 heavy (non-hydrogen) atoms. The zero-order valence-electron chi connectivity index (χ0n) is 15.1. The van der Waals surface area contributed by atoms with Crippen molar-refractivity contribution in [1.82, 2.24) is 25.0 Å². The van der Waals surface area contributed by atoms with Crippen molar-refractivity contribution in [2.45, 2.75) is 19.1 Å². The number of urea groups is 2. The first-order valence-corrected chi connectivity index (χ1v) is 9.22. The molecule has 0 aliphatic carbocycles. The lowest BCUT2D eigenvalue weighted by molar-refractivity contribution is 0.129. The molecule has 0 radical (unpaired) electrons. The Morgan fingerprint density at radius 2 is 1.89 bits per heavy atom. The van der Waals surface area contributed by atoms with Crippen LogP contribution in [0.3, 0.4) is 0 Å². The van der Waals surface area contributed by atoms with Crippen molar-refractivity contribution in [3.05, 3.63) is 66.0 Å². The summed E-state index contributed by atoms with van der Waals surface area (Å²) >= 11 is 0. The molecule has 7 nitrogen and oxygen atoms in total. The lowest BCUT2D eigenvalue weighted by Crippen LogP contribution is -2.55. The van der Waals surface area contributed by atoms with E-state index in [2.05, 4.69) is 10.3 Å². The van der Waals surface area contributed by atoms with Gasteiger partial charge in [-0.15, -0.1) is 0 Å². The Labute approximate surface area is 158 Å². The van der Waals surface area contributed by atoms with Crippen molar-refractivity contribution >= 4 is 12.1 Å². The van der Waals surface area contributed by atoms with Crippen LogP contribution < -0.4 is 5.32 Å². The van der Waals surface area contributed by atoms with Crippen LogP contribution in [-0.4, -0.2) is 64.0 Å². The molecule has 4 rings (SSSR count). The number of hydrogen-bond acceptors (Lipinski definition) is 3. The predicted octanol–water partition coefficient (Wildman–Crippen LogP) is 1.91. The Balaban J connectivity index is 1.33. The molecule has 140 valence electrons. The van der Waals surface area contributed by atoms with Gasteiger partial charge in [0.25, 0.3) is 0 Å². The van der Waals surface area contributed by atoms with Gasteiger partial charge in [0.2, 0.25) is 0 Å².